The molecule has 0 fully saturated rings. The van der Waals surface area contributed by atoms with Gasteiger partial charge in [0.25, 0.3) is 0 Å². The van der Waals surface area contributed by atoms with Gasteiger partial charge >= 0.3 is 6.18 Å². The van der Waals surface area contributed by atoms with Gasteiger partial charge in [-0.2, -0.15) is 13.2 Å². The lowest BCUT2D eigenvalue weighted by molar-refractivity contribution is -0.141. The molecule has 0 amide bonds. The van der Waals surface area contributed by atoms with E-state index in [9.17, 15) is 13.2 Å². The maximum absolute atomic E-state index is 13.1. The minimum atomic E-state index is -4.56. The van der Waals surface area contributed by atoms with Crippen LogP contribution in [0, 0.1) is 0 Å². The number of rotatable bonds is 8. The number of benzene rings is 2. The zero-order chi connectivity index (χ0) is 21.1. The third-order valence-electron chi connectivity index (χ3n) is 4.83. The summed E-state index contributed by atoms with van der Waals surface area (Å²) in [6, 6.07) is 10.7. The van der Waals surface area contributed by atoms with E-state index in [4.69, 9.17) is 14.0 Å². The number of fused-ring (bicyclic) bond motifs is 2. The van der Waals surface area contributed by atoms with Crippen LogP contribution in [0.2, 0.25) is 0 Å². The molecule has 8 heteroatoms. The Morgan fingerprint density at radius 1 is 1.00 bits per heavy atom. The molecule has 2 heterocycles. The Kier molecular flexibility index (Phi) is 5.57. The SMILES string of the molecule is CCCc1c(OCCCOc2cccc3[nH]ccc23)ccc2c(C(F)(F)F)noc12. The maximum atomic E-state index is 13.1. The zero-order valence-electron chi connectivity index (χ0n) is 16.4. The molecule has 2 aromatic heterocycles. The molecule has 158 valence electrons. The number of hydrogen-bond acceptors (Lipinski definition) is 4. The van der Waals surface area contributed by atoms with E-state index in [1.54, 1.807) is 6.07 Å². The summed E-state index contributed by atoms with van der Waals surface area (Å²) in [6.45, 7) is 2.76. The molecule has 0 saturated carbocycles. The molecule has 4 aromatic rings. The van der Waals surface area contributed by atoms with Crippen LogP contribution in [0.5, 0.6) is 11.5 Å². The molecule has 5 nitrogen and oxygen atoms in total. The second-order valence-electron chi connectivity index (χ2n) is 6.94. The van der Waals surface area contributed by atoms with Crippen LogP contribution < -0.4 is 9.47 Å². The van der Waals surface area contributed by atoms with Crippen LogP contribution in [0.4, 0.5) is 13.2 Å². The number of halogens is 3. The van der Waals surface area contributed by atoms with Crippen LogP contribution in [0.25, 0.3) is 21.9 Å². The molecule has 0 unspecified atom stereocenters. The molecule has 30 heavy (non-hydrogen) atoms. The Balaban J connectivity index is 1.42. The molecule has 1 N–H and O–H groups in total. The second-order valence-corrected chi connectivity index (χ2v) is 6.94. The first-order chi connectivity index (χ1) is 14.5. The van der Waals surface area contributed by atoms with Crippen molar-refractivity contribution in [2.75, 3.05) is 13.2 Å². The molecular weight excluding hydrogens is 397 g/mol. The third kappa shape index (κ3) is 3.94. The van der Waals surface area contributed by atoms with Gasteiger partial charge in [0, 0.05) is 29.1 Å². The highest BCUT2D eigenvalue weighted by molar-refractivity contribution is 5.86. The summed E-state index contributed by atoms with van der Waals surface area (Å²) in [5.41, 5.74) is 0.744. The van der Waals surface area contributed by atoms with Gasteiger partial charge in [-0.3, -0.25) is 0 Å². The number of ether oxygens (including phenoxy) is 2. The summed E-state index contributed by atoms with van der Waals surface area (Å²) in [7, 11) is 0. The quantitative estimate of drug-likeness (QED) is 0.350. The number of nitrogens with one attached hydrogen (secondary N) is 1. The number of alkyl halides is 3. The largest absolute Gasteiger partial charge is 0.493 e. The van der Waals surface area contributed by atoms with Crippen molar-refractivity contribution in [1.82, 2.24) is 10.1 Å². The highest BCUT2D eigenvalue weighted by atomic mass is 19.4. The number of nitrogens with zero attached hydrogens (tertiary/aromatic N) is 1. The van der Waals surface area contributed by atoms with E-state index in [-0.39, 0.29) is 11.0 Å². The van der Waals surface area contributed by atoms with Crippen LogP contribution in [0.1, 0.15) is 31.0 Å². The van der Waals surface area contributed by atoms with Crippen molar-refractivity contribution in [2.24, 2.45) is 0 Å². The first-order valence-electron chi connectivity index (χ1n) is 9.79. The normalized spacial score (nSPS) is 12.0. The predicted octanol–water partition coefficient (Wildman–Crippen LogP) is 6.13. The van der Waals surface area contributed by atoms with Crippen LogP contribution in [0.15, 0.2) is 47.1 Å². The van der Waals surface area contributed by atoms with Gasteiger partial charge in [-0.15, -0.1) is 0 Å². The molecule has 0 radical (unpaired) electrons. The van der Waals surface area contributed by atoms with Gasteiger partial charge in [0.1, 0.15) is 11.5 Å². The minimum Gasteiger partial charge on any atom is -0.493 e. The van der Waals surface area contributed by atoms with E-state index < -0.39 is 11.9 Å². The number of aromatic nitrogens is 2. The van der Waals surface area contributed by atoms with Gasteiger partial charge in [0.05, 0.1) is 18.6 Å². The molecule has 0 atom stereocenters. The number of aromatic amines is 1. The Morgan fingerprint density at radius 2 is 1.80 bits per heavy atom. The average Bonchev–Trinajstić information content (AvgIpc) is 3.36. The lowest BCUT2D eigenvalue weighted by Crippen LogP contribution is -2.07. The monoisotopic (exact) mass is 418 g/mol. The van der Waals surface area contributed by atoms with Crippen molar-refractivity contribution in [3.63, 3.8) is 0 Å². The highest BCUT2D eigenvalue weighted by Gasteiger charge is 2.37. The number of aryl methyl sites for hydroxylation is 1. The average molecular weight is 418 g/mol. The van der Waals surface area contributed by atoms with E-state index in [0.29, 0.717) is 37.4 Å². The summed E-state index contributed by atoms with van der Waals surface area (Å²) < 4.78 is 56.1. The molecule has 0 aliphatic heterocycles. The lowest BCUT2D eigenvalue weighted by atomic mass is 10.0. The van der Waals surface area contributed by atoms with Gasteiger partial charge in [0.15, 0.2) is 11.3 Å². The van der Waals surface area contributed by atoms with Crippen molar-refractivity contribution in [3.05, 3.63) is 53.9 Å². The predicted molar refractivity (Wildman–Crippen MR) is 107 cm³/mol. The first-order valence-corrected chi connectivity index (χ1v) is 9.79. The summed E-state index contributed by atoms with van der Waals surface area (Å²) >= 11 is 0. The molecule has 0 saturated heterocycles. The van der Waals surface area contributed by atoms with Crippen LogP contribution in [0.3, 0.4) is 0 Å². The van der Waals surface area contributed by atoms with E-state index in [0.717, 1.165) is 23.1 Å². The van der Waals surface area contributed by atoms with Gasteiger partial charge in [-0.05, 0) is 36.8 Å². The van der Waals surface area contributed by atoms with Crippen LogP contribution in [-0.4, -0.2) is 23.4 Å². The Morgan fingerprint density at radius 3 is 2.57 bits per heavy atom. The maximum Gasteiger partial charge on any atom is 0.437 e. The van der Waals surface area contributed by atoms with Gasteiger partial charge in [-0.1, -0.05) is 24.6 Å². The molecule has 0 aliphatic rings. The number of H-pyrrole nitrogens is 1. The van der Waals surface area contributed by atoms with Crippen molar-refractivity contribution < 1.29 is 27.2 Å². The second kappa shape index (κ2) is 8.30. The van der Waals surface area contributed by atoms with E-state index in [1.807, 2.05) is 37.4 Å². The van der Waals surface area contributed by atoms with Crippen LogP contribution >= 0.6 is 0 Å². The first kappa shape index (κ1) is 20.1. The van der Waals surface area contributed by atoms with E-state index in [2.05, 4.69) is 10.1 Å². The van der Waals surface area contributed by atoms with E-state index >= 15 is 0 Å². The smallest absolute Gasteiger partial charge is 0.437 e. The summed E-state index contributed by atoms with van der Waals surface area (Å²) in [5.74, 6) is 1.31. The highest BCUT2D eigenvalue weighted by Crippen LogP contribution is 2.38. The fourth-order valence-electron chi connectivity index (χ4n) is 3.47. The zero-order valence-corrected chi connectivity index (χ0v) is 16.4. The molecule has 0 bridgehead atoms. The molecule has 4 rings (SSSR count). The van der Waals surface area contributed by atoms with Crippen molar-refractivity contribution in [3.8, 4) is 11.5 Å². The van der Waals surface area contributed by atoms with Crippen molar-refractivity contribution in [2.45, 2.75) is 32.4 Å². The standard InChI is InChI=1S/C22H21F3N2O3/c1-2-5-15-19(9-8-16-20(15)30-27-21(16)22(23,24)25)29-13-4-12-28-18-7-3-6-17-14(18)10-11-26-17/h3,6-11,26H,2,4-5,12-13H2,1H3. The van der Waals surface area contributed by atoms with E-state index in [1.165, 1.54) is 6.07 Å². The molecule has 2 aromatic carbocycles. The Hall–Kier alpha value is -3.16. The molecule has 0 aliphatic carbocycles. The van der Waals surface area contributed by atoms with Crippen molar-refractivity contribution in [1.29, 1.82) is 0 Å². The number of hydrogen-bond donors (Lipinski definition) is 1. The third-order valence-corrected chi connectivity index (χ3v) is 4.83. The van der Waals surface area contributed by atoms with Gasteiger partial charge in [0.2, 0.25) is 0 Å². The summed E-state index contributed by atoms with van der Waals surface area (Å²) in [5, 5.41) is 4.21. The van der Waals surface area contributed by atoms with Crippen LogP contribution in [-0.2, 0) is 12.6 Å². The van der Waals surface area contributed by atoms with Crippen molar-refractivity contribution >= 4 is 21.9 Å². The Bertz CT molecular complexity index is 1150. The minimum absolute atomic E-state index is 0.0405. The molecular formula is C22H21F3N2O3. The fourth-order valence-corrected chi connectivity index (χ4v) is 3.47. The van der Waals surface area contributed by atoms with Gasteiger partial charge in [-0.25, -0.2) is 0 Å². The lowest BCUT2D eigenvalue weighted by Gasteiger charge is -2.12. The topological polar surface area (TPSA) is 60.3 Å². The summed E-state index contributed by atoms with van der Waals surface area (Å²) in [6.07, 6.45) is -0.808. The summed E-state index contributed by atoms with van der Waals surface area (Å²) in [4.78, 5) is 3.14. The molecule has 0 spiro atoms. The Labute approximate surface area is 170 Å². The van der Waals surface area contributed by atoms with Gasteiger partial charge < -0.3 is 19.0 Å². The fraction of sp³-hybridized carbons (Fsp3) is 0.318.